The van der Waals surface area contributed by atoms with Gasteiger partial charge in [0.15, 0.2) is 12.0 Å². The Morgan fingerprint density at radius 2 is 0.800 bits per heavy atom. The minimum atomic E-state index is -0.434. The fourth-order valence-electron chi connectivity index (χ4n) is 19.1. The molecular weight excluding hydrogens is 2130 g/mol. The largest absolute Gasteiger partial charge is 0.496 e. The average Bonchev–Trinajstić information content (AvgIpc) is 1.68. The Hall–Kier alpha value is -11.0. The van der Waals surface area contributed by atoms with E-state index in [4.69, 9.17) is 83.7 Å². The topological polar surface area (TPSA) is 390 Å². The van der Waals surface area contributed by atoms with Gasteiger partial charge in [0.25, 0.3) is 11.5 Å². The van der Waals surface area contributed by atoms with Crippen LogP contribution in [0.5, 0.6) is 5.75 Å². The maximum Gasteiger partial charge on any atom is 0.338 e. The molecule has 13 aromatic rings. The number of fused-ring (bicyclic) bond motifs is 6. The first kappa shape index (κ1) is 111. The normalized spacial score (nSPS) is 14.9. The molecular formula is C108H127Br4N7O26. The summed E-state index contributed by atoms with van der Waals surface area (Å²) >= 11 is 13.8. The molecule has 5 saturated heterocycles. The molecule has 778 valence electrons. The summed E-state index contributed by atoms with van der Waals surface area (Å²) in [5.74, 6) is 1.56. The van der Waals surface area contributed by atoms with E-state index in [0.717, 1.165) is 257 Å². The quantitative estimate of drug-likeness (QED) is 0.0201. The number of methoxy groups -OCH3 is 6. The van der Waals surface area contributed by atoms with Crippen LogP contribution in [0.25, 0.3) is 65.8 Å². The van der Waals surface area contributed by atoms with Crippen LogP contribution in [0.15, 0.2) is 134 Å². The van der Waals surface area contributed by atoms with Gasteiger partial charge in [-0.3, -0.25) is 29.1 Å². The maximum absolute atomic E-state index is 14.1. The number of morpholine rings is 3. The van der Waals surface area contributed by atoms with E-state index in [1.807, 2.05) is 64.1 Å². The summed E-state index contributed by atoms with van der Waals surface area (Å²) in [7, 11) is 8.42. The molecule has 5 aliphatic heterocycles. The number of amides is 1. The van der Waals surface area contributed by atoms with Gasteiger partial charge in [0, 0.05) is 164 Å². The molecule has 0 aliphatic carbocycles. The number of aromatic nitrogens is 1. The van der Waals surface area contributed by atoms with Gasteiger partial charge in [-0.25, -0.2) is 24.0 Å². The highest BCUT2D eigenvalue weighted by Gasteiger charge is 2.33. The molecule has 33 nitrogen and oxygen atoms in total. The van der Waals surface area contributed by atoms with E-state index < -0.39 is 11.9 Å². The fraction of sp³-hybridized carbons (Fsp3) is 0.444. The number of esters is 5. The summed E-state index contributed by atoms with van der Waals surface area (Å²) in [6.45, 7) is 31.4. The van der Waals surface area contributed by atoms with Crippen LogP contribution >= 0.6 is 63.7 Å². The highest BCUT2D eigenvalue weighted by Crippen LogP contribution is 2.42. The number of carbonyl (C=O) groups is 7. The van der Waals surface area contributed by atoms with Crippen LogP contribution in [0.1, 0.15) is 215 Å². The van der Waals surface area contributed by atoms with Gasteiger partial charge in [-0.05, 0) is 178 Å². The number of benzene rings is 6. The van der Waals surface area contributed by atoms with Crippen molar-refractivity contribution >= 4 is 183 Å². The molecule has 18 rings (SSSR count). The number of aryl methyl sites for hydroxylation is 1. The molecule has 12 heterocycles. The Balaban J connectivity index is 0.000000151. The summed E-state index contributed by atoms with van der Waals surface area (Å²) in [6, 6.07) is 24.9. The van der Waals surface area contributed by atoms with Gasteiger partial charge in [-0.1, -0.05) is 105 Å². The van der Waals surface area contributed by atoms with E-state index in [1.165, 1.54) is 42.7 Å². The maximum atomic E-state index is 14.1. The fourth-order valence-corrected chi connectivity index (χ4v) is 21.8. The molecule has 4 N–H and O–H groups in total. The zero-order valence-electron chi connectivity index (χ0n) is 84.4. The summed E-state index contributed by atoms with van der Waals surface area (Å²) in [5.41, 5.74) is 15.5. The molecule has 145 heavy (non-hydrogen) atoms. The van der Waals surface area contributed by atoms with Crippen molar-refractivity contribution < 1.29 is 117 Å². The van der Waals surface area contributed by atoms with Crippen molar-refractivity contribution in [2.45, 2.75) is 164 Å². The Labute approximate surface area is 874 Å². The SMILES string of the molecule is CCc1c(Br)cc2oc(C=O)cc2c1C(=O)OC.CCc1c(Br)cc2oc(CN3CCOCC3)cc2c1C(=O)OC.CCc1c(Br)cc2oc(CO)cc2c1C(=O)OC.CCc1c(Br)cc2occc2c1C(=O)OC.CCc1c(N(CC)C2CCOCC2)cc2oc(CN3CCOCC3)cc2c1C(=O)NCc1c(OC)cc(C)[nH]c1=O.CCc1c(NC2CCOCC2)cc2oc(CN3CCOCC3)cc2c1C(=O)OC. The number of anilines is 2. The van der Waals surface area contributed by atoms with Crippen molar-refractivity contribution in [1.82, 2.24) is 25.0 Å². The van der Waals surface area contributed by atoms with Crippen LogP contribution < -0.4 is 25.8 Å². The number of rotatable bonds is 28. The van der Waals surface area contributed by atoms with Crippen molar-refractivity contribution in [2.75, 3.05) is 165 Å². The lowest BCUT2D eigenvalue weighted by Gasteiger charge is -2.37. The number of H-pyrrole nitrogens is 1. The van der Waals surface area contributed by atoms with Gasteiger partial charge in [0.05, 0.1) is 154 Å². The van der Waals surface area contributed by atoms with Crippen LogP contribution in [0.3, 0.4) is 0 Å². The Kier molecular flexibility index (Phi) is 40.7. The number of pyridine rings is 1. The standard InChI is InChI=1S/C31H42N4O6.C22H30N2O5.C17H20BrNO4.C13H13BrO4.C13H11BrO4.C12H11BrO3/c1-5-23-26(35(6-2)21-7-11-39-12-8-21)17-28-24(16-22(41-28)19-34-9-13-40-14-10-34)29(23)31(37)32-18-25-27(38-4)15-20(3)33-30(25)36;1-3-17-19(23-15-4-8-27-9-5-15)13-20-18(21(17)22(25)26-2)12-16(29-20)14-24-6-10-28-11-7-24;1-3-12-14(18)9-15-13(16(12)17(20)21-2)8-11(23-15)10-19-4-6-22-7-5-19;2*1-3-8-10(14)5-11-9(4-7(6-15)18-11)12(8)13(16)17-2;1-3-7-9(13)6-10-8(4-5-16-10)11(7)12(14)15-2/h15-17,21H,5-14,18-19H2,1-4H3,(H,32,37)(H,33,36);12-13,15,23H,3-11,14H2,1-2H3;8-9H,3-7,10H2,1-2H3;4-5,15H,3,6H2,1-2H3;4-6H,3H2,1-2H3;4-6H,3H2,1-2H3. The van der Waals surface area contributed by atoms with E-state index in [1.54, 1.807) is 49.6 Å². The van der Waals surface area contributed by atoms with Gasteiger partial charge in [0.2, 0.25) is 0 Å². The molecule has 0 spiro atoms. The zero-order chi connectivity index (χ0) is 104. The van der Waals surface area contributed by atoms with Crippen LogP contribution in [0, 0.1) is 6.92 Å². The van der Waals surface area contributed by atoms with E-state index in [-0.39, 0.29) is 48.3 Å². The smallest absolute Gasteiger partial charge is 0.338 e. The van der Waals surface area contributed by atoms with E-state index >= 15 is 0 Å². The van der Waals surface area contributed by atoms with Crippen LogP contribution in [0.2, 0.25) is 0 Å². The monoisotopic (exact) mass is 2250 g/mol. The number of nitrogens with one attached hydrogen (secondary N) is 3. The first-order valence-electron chi connectivity index (χ1n) is 48.9. The third-order valence-electron chi connectivity index (χ3n) is 26.3. The minimum absolute atomic E-state index is 0.0441. The average molecular weight is 2260 g/mol. The lowest BCUT2D eigenvalue weighted by molar-refractivity contribution is 0.0314. The van der Waals surface area contributed by atoms with Gasteiger partial charge < -0.3 is 104 Å². The lowest BCUT2D eigenvalue weighted by atomic mass is 9.95. The molecule has 0 saturated carbocycles. The highest BCUT2D eigenvalue weighted by atomic mass is 79.9. The van der Waals surface area contributed by atoms with Crippen molar-refractivity contribution in [1.29, 1.82) is 0 Å². The van der Waals surface area contributed by atoms with Crippen molar-refractivity contribution in [2.24, 2.45) is 0 Å². The first-order chi connectivity index (χ1) is 70.2. The number of nitrogens with zero attached hydrogens (tertiary/aromatic N) is 4. The lowest BCUT2D eigenvalue weighted by Crippen LogP contribution is -2.40. The number of aldehydes is 1. The van der Waals surface area contributed by atoms with Crippen molar-refractivity contribution in [3.63, 3.8) is 0 Å². The molecule has 37 heteroatoms. The second kappa shape index (κ2) is 53.0. The van der Waals surface area contributed by atoms with Gasteiger partial charge in [0.1, 0.15) is 68.9 Å². The number of aliphatic hydroxyl groups is 1. The molecule has 0 bridgehead atoms. The molecule has 0 atom stereocenters. The number of halogens is 4. The second-order valence-corrected chi connectivity index (χ2v) is 38.4. The third kappa shape index (κ3) is 26.4. The number of aliphatic hydroxyl groups excluding tert-OH is 1. The molecule has 6 aromatic carbocycles. The summed E-state index contributed by atoms with van der Waals surface area (Å²) < 4.78 is 95.4. The summed E-state index contributed by atoms with van der Waals surface area (Å²) in [4.78, 5) is 110. The van der Waals surface area contributed by atoms with Crippen molar-refractivity contribution in [3.05, 3.63) is 220 Å². The predicted octanol–water partition coefficient (Wildman–Crippen LogP) is 20.3. The molecule has 0 unspecified atom stereocenters. The Bertz CT molecular complexity index is 6790. The second-order valence-electron chi connectivity index (χ2n) is 35.0. The molecule has 5 fully saturated rings. The third-order valence-corrected chi connectivity index (χ3v) is 29.1. The number of aromatic amines is 1. The van der Waals surface area contributed by atoms with Crippen LogP contribution in [-0.4, -0.2) is 233 Å². The number of hydrogen-bond donors (Lipinski definition) is 4. The summed E-state index contributed by atoms with van der Waals surface area (Å²) in [5, 5.41) is 20.3. The molecule has 0 radical (unpaired) electrons. The Morgan fingerprint density at radius 1 is 0.434 bits per heavy atom. The molecule has 1 amide bonds. The van der Waals surface area contributed by atoms with E-state index in [9.17, 15) is 38.4 Å². The van der Waals surface area contributed by atoms with E-state index in [0.29, 0.717) is 159 Å². The van der Waals surface area contributed by atoms with Gasteiger partial charge in [-0.15, -0.1) is 0 Å². The van der Waals surface area contributed by atoms with E-state index in [2.05, 4.69) is 126 Å². The van der Waals surface area contributed by atoms with Crippen LogP contribution in [0.4, 0.5) is 11.4 Å². The zero-order valence-corrected chi connectivity index (χ0v) is 90.7. The number of carbonyl (C=O) groups excluding carboxylic acids is 7. The number of hydrogen-bond acceptors (Lipinski definition) is 31. The van der Waals surface area contributed by atoms with Gasteiger partial charge in [-0.2, -0.15) is 0 Å². The first-order valence-corrected chi connectivity index (χ1v) is 52.0. The highest BCUT2D eigenvalue weighted by molar-refractivity contribution is 9.11. The summed E-state index contributed by atoms with van der Waals surface area (Å²) in [6.07, 6.45) is 10.2. The Morgan fingerprint density at radius 3 is 1.21 bits per heavy atom. The number of furan rings is 6. The molecule has 7 aromatic heterocycles. The van der Waals surface area contributed by atoms with Crippen LogP contribution in [-0.2, 0) is 119 Å². The van der Waals surface area contributed by atoms with Gasteiger partial charge >= 0.3 is 29.8 Å². The predicted molar refractivity (Wildman–Crippen MR) is 564 cm³/mol. The van der Waals surface area contributed by atoms with Crippen molar-refractivity contribution in [3.8, 4) is 5.75 Å². The number of ether oxygens (including phenoxy) is 11. The molecule has 5 aliphatic rings. The minimum Gasteiger partial charge on any atom is -0.496 e.